The maximum absolute atomic E-state index is 11.3. The van der Waals surface area contributed by atoms with E-state index in [2.05, 4.69) is 16.0 Å². The molecule has 4 nitrogen and oxygen atoms in total. The molecule has 0 aromatic carbocycles. The molecule has 0 saturated carbocycles. The Morgan fingerprint density at radius 1 is 1.23 bits per heavy atom. The van der Waals surface area contributed by atoms with Crippen molar-refractivity contribution in [1.82, 2.24) is 16.0 Å². The van der Waals surface area contributed by atoms with Crippen LogP contribution in [-0.2, 0) is 4.79 Å². The Labute approximate surface area is 84.5 Å². The van der Waals surface area contributed by atoms with Gasteiger partial charge in [-0.15, -0.1) is 0 Å². The van der Waals surface area contributed by atoms with Crippen molar-refractivity contribution < 1.29 is 4.79 Å². The maximum atomic E-state index is 11.3. The fourth-order valence-electron chi connectivity index (χ4n) is 0.744. The van der Waals surface area contributed by atoms with Gasteiger partial charge in [0, 0.05) is 13.1 Å². The first kappa shape index (κ1) is 12.2. The monoisotopic (exact) mass is 203 g/mol. The lowest BCUT2D eigenvalue weighted by molar-refractivity contribution is -0.122. The zero-order valence-electron chi connectivity index (χ0n) is 8.47. The summed E-state index contributed by atoms with van der Waals surface area (Å²) in [6, 6.07) is -0.151. The summed E-state index contributed by atoms with van der Waals surface area (Å²) in [7, 11) is 1.71. The van der Waals surface area contributed by atoms with Gasteiger partial charge in [-0.3, -0.25) is 4.79 Å². The summed E-state index contributed by atoms with van der Waals surface area (Å²) in [4.78, 5) is 11.3. The van der Waals surface area contributed by atoms with Gasteiger partial charge in [0.15, 0.2) is 5.11 Å². The molecule has 0 aliphatic rings. The number of rotatable bonds is 3. The van der Waals surface area contributed by atoms with Crippen LogP contribution in [0.1, 0.15) is 20.8 Å². The number of hydrogen-bond donors (Lipinski definition) is 3. The normalized spacial score (nSPS) is 12.1. The van der Waals surface area contributed by atoms with Crippen molar-refractivity contribution in [1.29, 1.82) is 0 Å². The molecule has 0 bridgehead atoms. The van der Waals surface area contributed by atoms with Crippen LogP contribution in [-0.4, -0.2) is 30.2 Å². The molecular weight excluding hydrogens is 186 g/mol. The minimum absolute atomic E-state index is 0.0485. The number of carbonyl (C=O) groups is 1. The van der Waals surface area contributed by atoms with Gasteiger partial charge in [-0.05, 0) is 33.0 Å². The predicted molar refractivity (Wildman–Crippen MR) is 57.5 cm³/mol. The lowest BCUT2D eigenvalue weighted by Gasteiger charge is -2.16. The second kappa shape index (κ2) is 5.75. The Morgan fingerprint density at radius 3 is 2.15 bits per heavy atom. The average molecular weight is 203 g/mol. The van der Waals surface area contributed by atoms with Crippen LogP contribution in [0.3, 0.4) is 0 Å². The first-order valence-electron chi connectivity index (χ1n) is 4.26. The van der Waals surface area contributed by atoms with E-state index in [0.717, 1.165) is 0 Å². The van der Waals surface area contributed by atoms with E-state index in [0.29, 0.717) is 5.11 Å². The van der Waals surface area contributed by atoms with Crippen molar-refractivity contribution in [3.63, 3.8) is 0 Å². The van der Waals surface area contributed by atoms with E-state index >= 15 is 0 Å². The quantitative estimate of drug-likeness (QED) is 0.565. The smallest absolute Gasteiger partial charge is 0.242 e. The lowest BCUT2D eigenvalue weighted by Crippen LogP contribution is -2.49. The van der Waals surface area contributed by atoms with Crippen molar-refractivity contribution in [2.45, 2.75) is 32.9 Å². The summed E-state index contributed by atoms with van der Waals surface area (Å²) in [5.41, 5.74) is 0. The zero-order chi connectivity index (χ0) is 10.4. The second-order valence-electron chi connectivity index (χ2n) is 3.11. The first-order chi connectivity index (χ1) is 5.97. The summed E-state index contributed by atoms with van der Waals surface area (Å²) >= 11 is 4.86. The van der Waals surface area contributed by atoms with Crippen molar-refractivity contribution in [2.24, 2.45) is 0 Å². The van der Waals surface area contributed by atoms with Gasteiger partial charge < -0.3 is 16.0 Å². The Kier molecular flexibility index (Phi) is 5.37. The molecule has 0 spiro atoms. The molecule has 0 fully saturated rings. The van der Waals surface area contributed by atoms with Crippen LogP contribution in [0.4, 0.5) is 0 Å². The highest BCUT2D eigenvalue weighted by molar-refractivity contribution is 7.80. The first-order valence-corrected chi connectivity index (χ1v) is 4.66. The number of hydrogen-bond acceptors (Lipinski definition) is 2. The molecule has 0 radical (unpaired) electrons. The van der Waals surface area contributed by atoms with E-state index in [1.807, 2.05) is 13.8 Å². The van der Waals surface area contributed by atoms with Gasteiger partial charge in [-0.1, -0.05) is 0 Å². The average Bonchev–Trinajstić information content (AvgIpc) is 2.02. The topological polar surface area (TPSA) is 53.2 Å². The molecule has 5 heteroatoms. The number of amides is 1. The minimum Gasteiger partial charge on any atom is -0.366 e. The summed E-state index contributed by atoms with van der Waals surface area (Å²) in [5.74, 6) is -0.0485. The van der Waals surface area contributed by atoms with Crippen LogP contribution >= 0.6 is 12.2 Å². The third kappa shape index (κ3) is 5.41. The summed E-state index contributed by atoms with van der Waals surface area (Å²) in [5, 5.41) is 8.85. The molecular formula is C8H17N3OS. The molecule has 0 saturated heterocycles. The second-order valence-corrected chi connectivity index (χ2v) is 3.52. The van der Waals surface area contributed by atoms with Gasteiger partial charge >= 0.3 is 0 Å². The fraction of sp³-hybridized carbons (Fsp3) is 0.750. The molecule has 3 N–H and O–H groups in total. The van der Waals surface area contributed by atoms with Gasteiger partial charge in [0.2, 0.25) is 5.91 Å². The molecule has 1 amide bonds. The van der Waals surface area contributed by atoms with Crippen molar-refractivity contribution >= 4 is 23.2 Å². The van der Waals surface area contributed by atoms with Gasteiger partial charge in [0.05, 0.1) is 0 Å². The lowest BCUT2D eigenvalue weighted by atomic mass is 10.3. The molecule has 0 aromatic rings. The maximum Gasteiger partial charge on any atom is 0.242 e. The van der Waals surface area contributed by atoms with Gasteiger partial charge in [-0.25, -0.2) is 0 Å². The molecule has 1 unspecified atom stereocenters. The van der Waals surface area contributed by atoms with Crippen LogP contribution in [0.15, 0.2) is 0 Å². The molecule has 1 atom stereocenters. The molecule has 0 rings (SSSR count). The molecule has 0 heterocycles. The van der Waals surface area contributed by atoms with Gasteiger partial charge in [0.25, 0.3) is 0 Å². The number of carbonyl (C=O) groups excluding carboxylic acids is 1. The van der Waals surface area contributed by atoms with E-state index in [-0.39, 0.29) is 18.0 Å². The fourth-order valence-corrected chi connectivity index (χ4v) is 0.921. The Balaban J connectivity index is 3.89. The van der Waals surface area contributed by atoms with Crippen molar-refractivity contribution in [2.75, 3.05) is 7.05 Å². The highest BCUT2D eigenvalue weighted by Crippen LogP contribution is 1.85. The zero-order valence-corrected chi connectivity index (χ0v) is 9.29. The van der Waals surface area contributed by atoms with Crippen LogP contribution in [0, 0.1) is 0 Å². The Hall–Kier alpha value is -0.840. The van der Waals surface area contributed by atoms with Crippen molar-refractivity contribution in [3.05, 3.63) is 0 Å². The standard InChI is InChI=1S/C8H17N3OS/c1-5(2)10-7(12)6(3)11-8(13)9-4/h5-6H,1-4H3,(H,10,12)(H2,9,11,13). The molecule has 76 valence electrons. The molecule has 13 heavy (non-hydrogen) atoms. The summed E-state index contributed by atoms with van der Waals surface area (Å²) in [6.45, 7) is 5.60. The van der Waals surface area contributed by atoms with Crippen molar-refractivity contribution in [3.8, 4) is 0 Å². The van der Waals surface area contributed by atoms with E-state index in [1.54, 1.807) is 14.0 Å². The predicted octanol–water partition coefficient (Wildman–Crippen LogP) is -0.00660. The molecule has 0 aromatic heterocycles. The molecule has 0 aliphatic heterocycles. The third-order valence-corrected chi connectivity index (χ3v) is 1.72. The van der Waals surface area contributed by atoms with Crippen LogP contribution in [0.5, 0.6) is 0 Å². The minimum atomic E-state index is -0.303. The van der Waals surface area contributed by atoms with E-state index in [1.165, 1.54) is 0 Å². The van der Waals surface area contributed by atoms with E-state index in [4.69, 9.17) is 12.2 Å². The highest BCUT2D eigenvalue weighted by atomic mass is 32.1. The van der Waals surface area contributed by atoms with E-state index in [9.17, 15) is 4.79 Å². The highest BCUT2D eigenvalue weighted by Gasteiger charge is 2.13. The third-order valence-electron chi connectivity index (χ3n) is 1.40. The molecule has 0 aliphatic carbocycles. The van der Waals surface area contributed by atoms with Crippen LogP contribution in [0.25, 0.3) is 0 Å². The van der Waals surface area contributed by atoms with Crippen LogP contribution < -0.4 is 16.0 Å². The largest absolute Gasteiger partial charge is 0.366 e. The van der Waals surface area contributed by atoms with Gasteiger partial charge in [-0.2, -0.15) is 0 Å². The number of nitrogens with one attached hydrogen (secondary N) is 3. The van der Waals surface area contributed by atoms with Gasteiger partial charge in [0.1, 0.15) is 6.04 Å². The Bertz CT molecular complexity index is 194. The Morgan fingerprint density at radius 2 is 1.77 bits per heavy atom. The summed E-state index contributed by atoms with van der Waals surface area (Å²) in [6.07, 6.45) is 0. The summed E-state index contributed by atoms with van der Waals surface area (Å²) < 4.78 is 0. The number of thiocarbonyl (C=S) groups is 1. The van der Waals surface area contributed by atoms with Crippen LogP contribution in [0.2, 0.25) is 0 Å². The SMILES string of the molecule is CNC(=S)NC(C)C(=O)NC(C)C. The van der Waals surface area contributed by atoms with E-state index < -0.39 is 0 Å².